The van der Waals surface area contributed by atoms with Crippen LogP contribution in [-0.4, -0.2) is 25.6 Å². The third-order valence-electron chi connectivity index (χ3n) is 6.58. The number of halogens is 1. The van der Waals surface area contributed by atoms with Gasteiger partial charge in [0.2, 0.25) is 0 Å². The molecular formula is C25H27ClN2O5S. The number of aromatic carboxylic acids is 1. The summed E-state index contributed by atoms with van der Waals surface area (Å²) in [6.45, 7) is 8.28. The first-order valence-corrected chi connectivity index (χ1v) is 12.9. The number of carbonyl (C=O) groups is 1. The van der Waals surface area contributed by atoms with Crippen molar-refractivity contribution in [1.29, 1.82) is 5.26 Å². The van der Waals surface area contributed by atoms with E-state index in [1.807, 2.05) is 6.07 Å². The molecule has 0 aliphatic heterocycles. The topological polar surface area (TPSA) is 116 Å². The fourth-order valence-corrected chi connectivity index (χ4v) is 6.85. The Balaban J connectivity index is 1.77. The average molecular weight is 503 g/mol. The number of rotatable bonds is 7. The number of carboxylic acid groups (broad SMARTS) is 1. The van der Waals surface area contributed by atoms with E-state index < -0.39 is 16.0 Å². The molecule has 0 spiro atoms. The Bertz CT molecular complexity index is 1310. The van der Waals surface area contributed by atoms with Gasteiger partial charge in [-0.05, 0) is 48.9 Å². The molecule has 0 atom stereocenters. The lowest BCUT2D eigenvalue weighted by atomic mass is 9.53. The number of benzene rings is 2. The Hall–Kier alpha value is -2.76. The molecule has 0 bridgehead atoms. The van der Waals surface area contributed by atoms with E-state index in [1.165, 1.54) is 24.3 Å². The predicted molar refractivity (Wildman–Crippen MR) is 129 cm³/mol. The van der Waals surface area contributed by atoms with Gasteiger partial charge in [-0.1, -0.05) is 45.4 Å². The van der Waals surface area contributed by atoms with E-state index in [0.717, 1.165) is 24.8 Å². The first kappa shape index (κ1) is 24.4. The monoisotopic (exact) mass is 502 g/mol. The molecule has 0 aromatic heterocycles. The predicted octanol–water partition coefficient (Wildman–Crippen LogP) is 5.79. The summed E-state index contributed by atoms with van der Waals surface area (Å²) >= 11 is 6.25. The van der Waals surface area contributed by atoms with E-state index in [0.29, 0.717) is 0 Å². The smallest absolute Gasteiger partial charge is 0.337 e. The number of ether oxygens (including phenoxy) is 1. The minimum atomic E-state index is -4.32. The highest BCUT2D eigenvalue weighted by atomic mass is 35.5. The van der Waals surface area contributed by atoms with E-state index in [4.69, 9.17) is 16.3 Å². The Morgan fingerprint density at radius 3 is 2.35 bits per heavy atom. The third-order valence-corrected chi connectivity index (χ3v) is 8.30. The Labute approximate surface area is 204 Å². The van der Waals surface area contributed by atoms with Crippen LogP contribution in [-0.2, 0) is 10.0 Å². The molecule has 0 heterocycles. The van der Waals surface area contributed by atoms with Crippen molar-refractivity contribution < 1.29 is 23.1 Å². The van der Waals surface area contributed by atoms with Gasteiger partial charge in [-0.15, -0.1) is 0 Å². The molecule has 9 heteroatoms. The maximum Gasteiger partial charge on any atom is 0.337 e. The highest BCUT2D eigenvalue weighted by molar-refractivity contribution is 7.92. The highest BCUT2D eigenvalue weighted by Gasteiger charge is 2.55. The van der Waals surface area contributed by atoms with Gasteiger partial charge in [0.05, 0.1) is 21.8 Å². The standard InChI is InChI=1S/C25H27ClN2O5S/c1-24(2)13-25(3,4)23(24)33-20-11-18(26)16(12-27)9-19(20)28-34(31,32)21-10-15(14-5-6-14)7-8-17(21)22(29)30/h7-11,14,23,28H,5-6,13H2,1-4H3,(H,29,30). The zero-order valence-electron chi connectivity index (χ0n) is 19.5. The molecule has 0 saturated heterocycles. The number of nitrogens with one attached hydrogen (secondary N) is 1. The number of hydrogen-bond donors (Lipinski definition) is 2. The molecule has 0 radical (unpaired) electrons. The summed E-state index contributed by atoms with van der Waals surface area (Å²) in [5, 5.41) is 19.2. The summed E-state index contributed by atoms with van der Waals surface area (Å²) in [4.78, 5) is 11.5. The number of nitrogens with zero attached hydrogens (tertiary/aromatic N) is 1. The SMILES string of the molecule is CC1(C)CC(C)(C)C1Oc1cc(Cl)c(C#N)cc1NS(=O)(=O)c1cc(C2CC2)ccc1C(=O)O. The Morgan fingerprint density at radius 1 is 1.18 bits per heavy atom. The maximum absolute atomic E-state index is 13.4. The van der Waals surface area contributed by atoms with Crippen molar-refractivity contribution in [2.45, 2.75) is 63.9 Å². The van der Waals surface area contributed by atoms with Gasteiger partial charge in [-0.3, -0.25) is 4.72 Å². The van der Waals surface area contributed by atoms with Crippen molar-refractivity contribution in [1.82, 2.24) is 0 Å². The lowest BCUT2D eigenvalue weighted by molar-refractivity contribution is -0.133. The van der Waals surface area contributed by atoms with Crippen LogP contribution >= 0.6 is 11.6 Å². The van der Waals surface area contributed by atoms with Crippen LogP contribution < -0.4 is 9.46 Å². The van der Waals surface area contributed by atoms with Crippen LogP contribution in [0, 0.1) is 22.2 Å². The number of nitriles is 1. The summed E-state index contributed by atoms with van der Waals surface area (Å²) in [5.41, 5.74) is 0.282. The van der Waals surface area contributed by atoms with E-state index in [-0.39, 0.29) is 55.3 Å². The van der Waals surface area contributed by atoms with Gasteiger partial charge >= 0.3 is 5.97 Å². The summed E-state index contributed by atoms with van der Waals surface area (Å²) in [6, 6.07) is 9.10. The van der Waals surface area contributed by atoms with Crippen LogP contribution in [0.2, 0.25) is 5.02 Å². The molecule has 0 amide bonds. The zero-order valence-corrected chi connectivity index (χ0v) is 21.0. The molecule has 2 aromatic carbocycles. The van der Waals surface area contributed by atoms with Crippen LogP contribution in [0.3, 0.4) is 0 Å². The first-order chi connectivity index (χ1) is 15.7. The Kier molecular flexibility index (Phi) is 5.86. The minimum Gasteiger partial charge on any atom is -0.487 e. The summed E-state index contributed by atoms with van der Waals surface area (Å²) in [6.07, 6.45) is 2.58. The third kappa shape index (κ3) is 4.47. The summed E-state index contributed by atoms with van der Waals surface area (Å²) in [7, 11) is -4.32. The second-order valence-corrected chi connectivity index (χ2v) is 12.6. The van der Waals surface area contributed by atoms with E-state index in [1.54, 1.807) is 6.07 Å². The lowest BCUT2D eigenvalue weighted by Crippen LogP contribution is -2.58. The molecule has 0 unspecified atom stereocenters. The number of carboxylic acids is 1. The molecule has 2 N–H and O–H groups in total. The van der Waals surface area contributed by atoms with Crippen LogP contribution in [0.5, 0.6) is 5.75 Å². The summed E-state index contributed by atoms with van der Waals surface area (Å²) < 4.78 is 35.6. The molecule has 2 aromatic rings. The van der Waals surface area contributed by atoms with Gasteiger partial charge < -0.3 is 9.84 Å². The number of anilines is 1. The summed E-state index contributed by atoms with van der Waals surface area (Å²) in [5.74, 6) is -0.917. The van der Waals surface area contributed by atoms with Crippen molar-refractivity contribution >= 4 is 33.3 Å². The van der Waals surface area contributed by atoms with E-state index in [9.17, 15) is 23.6 Å². The van der Waals surface area contributed by atoms with Crippen molar-refractivity contribution in [3.63, 3.8) is 0 Å². The molecular weight excluding hydrogens is 476 g/mol. The van der Waals surface area contributed by atoms with Crippen LogP contribution in [0.25, 0.3) is 0 Å². The number of hydrogen-bond acceptors (Lipinski definition) is 5. The number of sulfonamides is 1. The van der Waals surface area contributed by atoms with Crippen LogP contribution in [0.4, 0.5) is 5.69 Å². The highest BCUT2D eigenvalue weighted by Crippen LogP contribution is 2.56. The van der Waals surface area contributed by atoms with Gasteiger partial charge in [0, 0.05) is 16.9 Å². The van der Waals surface area contributed by atoms with Crippen LogP contribution in [0.1, 0.15) is 74.4 Å². The molecule has 2 aliphatic carbocycles. The van der Waals surface area contributed by atoms with Gasteiger partial charge in [-0.25, -0.2) is 13.2 Å². The van der Waals surface area contributed by atoms with Crippen molar-refractivity contribution in [3.8, 4) is 11.8 Å². The normalized spacial score (nSPS) is 19.1. The Morgan fingerprint density at radius 2 is 1.82 bits per heavy atom. The van der Waals surface area contributed by atoms with Gasteiger partial charge in [0.25, 0.3) is 10.0 Å². The fraction of sp³-hybridized carbons (Fsp3) is 0.440. The first-order valence-electron chi connectivity index (χ1n) is 11.1. The van der Waals surface area contributed by atoms with E-state index in [2.05, 4.69) is 32.4 Å². The van der Waals surface area contributed by atoms with Crippen LogP contribution in [0.15, 0.2) is 35.2 Å². The van der Waals surface area contributed by atoms with Gasteiger partial charge in [0.1, 0.15) is 22.8 Å². The van der Waals surface area contributed by atoms with Gasteiger partial charge in [-0.2, -0.15) is 5.26 Å². The van der Waals surface area contributed by atoms with E-state index >= 15 is 0 Å². The molecule has 2 aliphatic rings. The molecule has 2 fully saturated rings. The van der Waals surface area contributed by atoms with Crippen molar-refractivity contribution in [3.05, 3.63) is 52.0 Å². The lowest BCUT2D eigenvalue weighted by Gasteiger charge is -2.56. The molecule has 180 valence electrons. The van der Waals surface area contributed by atoms with Gasteiger partial charge in [0.15, 0.2) is 0 Å². The minimum absolute atomic E-state index is 0.0348. The molecule has 2 saturated carbocycles. The van der Waals surface area contributed by atoms with Crippen molar-refractivity contribution in [2.75, 3.05) is 4.72 Å². The zero-order chi connectivity index (χ0) is 25.1. The average Bonchev–Trinajstić information content (AvgIpc) is 3.57. The van der Waals surface area contributed by atoms with Crippen molar-refractivity contribution in [2.24, 2.45) is 10.8 Å². The largest absolute Gasteiger partial charge is 0.487 e. The fourth-order valence-electron chi connectivity index (χ4n) is 5.36. The molecule has 7 nitrogen and oxygen atoms in total. The molecule has 34 heavy (non-hydrogen) atoms. The second kappa shape index (κ2) is 8.17. The molecule has 4 rings (SSSR count). The quantitative estimate of drug-likeness (QED) is 0.494. The second-order valence-electron chi connectivity index (χ2n) is 10.5. The maximum atomic E-state index is 13.4.